The number of imide groups is 1. The van der Waals surface area contributed by atoms with Crippen molar-refractivity contribution in [2.45, 2.75) is 38.5 Å². The summed E-state index contributed by atoms with van der Waals surface area (Å²) in [6, 6.07) is 7.04. The highest BCUT2D eigenvalue weighted by atomic mass is 16.2. The molecule has 1 aromatic rings. The Kier molecular flexibility index (Phi) is 5.30. The Morgan fingerprint density at radius 3 is 1.85 bits per heavy atom. The first-order valence-corrected chi connectivity index (χ1v) is 7.41. The summed E-state index contributed by atoms with van der Waals surface area (Å²) in [7, 11) is 0. The first kappa shape index (κ1) is 14.7. The molecule has 0 bridgehead atoms. The van der Waals surface area contributed by atoms with Gasteiger partial charge in [-0.05, 0) is 31.5 Å². The van der Waals surface area contributed by atoms with E-state index in [1.54, 1.807) is 24.3 Å². The predicted octanol–water partition coefficient (Wildman–Crippen LogP) is 2.58. The minimum atomic E-state index is -0.145. The number of nitrogens with zero attached hydrogens (tertiary/aromatic N) is 1. The van der Waals surface area contributed by atoms with Crippen molar-refractivity contribution in [2.75, 3.05) is 13.1 Å². The van der Waals surface area contributed by atoms with Crippen molar-refractivity contribution in [3.8, 4) is 0 Å². The maximum Gasteiger partial charge on any atom is 0.261 e. The molecular formula is C16H22N2O2. The molecule has 0 aromatic heterocycles. The van der Waals surface area contributed by atoms with E-state index in [4.69, 9.17) is 5.73 Å². The van der Waals surface area contributed by atoms with Crippen molar-refractivity contribution >= 4 is 11.8 Å². The van der Waals surface area contributed by atoms with Crippen LogP contribution in [0.1, 0.15) is 59.2 Å². The van der Waals surface area contributed by atoms with Gasteiger partial charge in [-0.3, -0.25) is 14.5 Å². The number of fused-ring (bicyclic) bond motifs is 1. The predicted molar refractivity (Wildman–Crippen MR) is 78.6 cm³/mol. The fourth-order valence-corrected chi connectivity index (χ4v) is 2.56. The van der Waals surface area contributed by atoms with Crippen LogP contribution < -0.4 is 5.73 Å². The quantitative estimate of drug-likeness (QED) is 0.585. The number of hydrogen-bond donors (Lipinski definition) is 1. The summed E-state index contributed by atoms with van der Waals surface area (Å²) >= 11 is 0. The summed E-state index contributed by atoms with van der Waals surface area (Å²) in [5.41, 5.74) is 6.53. The molecule has 0 unspecified atom stereocenters. The number of amides is 2. The van der Waals surface area contributed by atoms with E-state index in [9.17, 15) is 9.59 Å². The minimum Gasteiger partial charge on any atom is -0.330 e. The SMILES string of the molecule is NCCCCCCCCN1C(=O)c2ccccc2C1=O. The minimum absolute atomic E-state index is 0.145. The third kappa shape index (κ3) is 3.25. The van der Waals surface area contributed by atoms with Crippen molar-refractivity contribution < 1.29 is 9.59 Å². The molecule has 108 valence electrons. The van der Waals surface area contributed by atoms with Crippen molar-refractivity contribution in [3.63, 3.8) is 0 Å². The molecule has 0 radical (unpaired) electrons. The number of benzene rings is 1. The molecule has 2 rings (SSSR count). The summed E-state index contributed by atoms with van der Waals surface area (Å²) in [6.45, 7) is 1.29. The second-order valence-corrected chi connectivity index (χ2v) is 5.22. The second kappa shape index (κ2) is 7.20. The van der Waals surface area contributed by atoms with Crippen LogP contribution in [-0.4, -0.2) is 29.8 Å². The molecule has 0 saturated heterocycles. The lowest BCUT2D eigenvalue weighted by Crippen LogP contribution is -2.30. The van der Waals surface area contributed by atoms with Crippen molar-refractivity contribution in [2.24, 2.45) is 5.73 Å². The van der Waals surface area contributed by atoms with Crippen LogP contribution in [-0.2, 0) is 0 Å². The molecule has 1 aliphatic rings. The van der Waals surface area contributed by atoms with Gasteiger partial charge in [-0.2, -0.15) is 0 Å². The van der Waals surface area contributed by atoms with E-state index in [1.165, 1.54) is 17.7 Å². The van der Waals surface area contributed by atoms with Gasteiger partial charge in [-0.1, -0.05) is 37.8 Å². The molecule has 0 atom stereocenters. The van der Waals surface area contributed by atoms with E-state index in [1.807, 2.05) is 0 Å². The van der Waals surface area contributed by atoms with E-state index in [-0.39, 0.29) is 11.8 Å². The Labute approximate surface area is 119 Å². The Morgan fingerprint density at radius 2 is 1.30 bits per heavy atom. The molecule has 0 aliphatic carbocycles. The van der Waals surface area contributed by atoms with Crippen LogP contribution in [0.4, 0.5) is 0 Å². The van der Waals surface area contributed by atoms with Crippen molar-refractivity contribution in [1.82, 2.24) is 4.90 Å². The molecule has 0 spiro atoms. The van der Waals surface area contributed by atoms with Gasteiger partial charge in [0, 0.05) is 6.54 Å². The smallest absolute Gasteiger partial charge is 0.261 e. The first-order chi connectivity index (χ1) is 9.75. The maximum absolute atomic E-state index is 12.1. The largest absolute Gasteiger partial charge is 0.330 e. The van der Waals surface area contributed by atoms with Gasteiger partial charge in [0.05, 0.1) is 11.1 Å². The molecule has 4 nitrogen and oxygen atoms in total. The van der Waals surface area contributed by atoms with E-state index in [2.05, 4.69) is 0 Å². The maximum atomic E-state index is 12.1. The average molecular weight is 274 g/mol. The van der Waals surface area contributed by atoms with Crippen LogP contribution in [0.2, 0.25) is 0 Å². The van der Waals surface area contributed by atoms with Gasteiger partial charge in [0.25, 0.3) is 11.8 Å². The highest BCUT2D eigenvalue weighted by Crippen LogP contribution is 2.22. The molecule has 4 heteroatoms. The molecular weight excluding hydrogens is 252 g/mol. The molecule has 1 aromatic carbocycles. The number of rotatable bonds is 8. The van der Waals surface area contributed by atoms with Crippen molar-refractivity contribution in [1.29, 1.82) is 0 Å². The molecule has 0 saturated carbocycles. The van der Waals surface area contributed by atoms with Crippen LogP contribution in [0.25, 0.3) is 0 Å². The van der Waals surface area contributed by atoms with Crippen LogP contribution in [0.15, 0.2) is 24.3 Å². The van der Waals surface area contributed by atoms with Crippen LogP contribution in [0.3, 0.4) is 0 Å². The zero-order chi connectivity index (χ0) is 14.4. The normalized spacial score (nSPS) is 13.9. The van der Waals surface area contributed by atoms with E-state index in [0.717, 1.165) is 32.2 Å². The van der Waals surface area contributed by atoms with E-state index < -0.39 is 0 Å². The lowest BCUT2D eigenvalue weighted by atomic mass is 10.1. The molecule has 1 heterocycles. The van der Waals surface area contributed by atoms with Gasteiger partial charge in [-0.15, -0.1) is 0 Å². The highest BCUT2D eigenvalue weighted by molar-refractivity contribution is 6.21. The van der Waals surface area contributed by atoms with Gasteiger partial charge < -0.3 is 5.73 Å². The summed E-state index contributed by atoms with van der Waals surface area (Å²) in [5, 5.41) is 0. The van der Waals surface area contributed by atoms with Gasteiger partial charge in [-0.25, -0.2) is 0 Å². The molecule has 2 N–H and O–H groups in total. The van der Waals surface area contributed by atoms with E-state index in [0.29, 0.717) is 17.7 Å². The summed E-state index contributed by atoms with van der Waals surface area (Å²) < 4.78 is 0. The number of hydrogen-bond acceptors (Lipinski definition) is 3. The topological polar surface area (TPSA) is 63.4 Å². The summed E-state index contributed by atoms with van der Waals surface area (Å²) in [6.07, 6.45) is 6.51. The number of unbranched alkanes of at least 4 members (excludes halogenated alkanes) is 5. The Balaban J connectivity index is 1.75. The Morgan fingerprint density at radius 1 is 0.800 bits per heavy atom. The van der Waals surface area contributed by atoms with Crippen LogP contribution in [0, 0.1) is 0 Å². The average Bonchev–Trinajstić information content (AvgIpc) is 2.71. The second-order valence-electron chi connectivity index (χ2n) is 5.22. The number of nitrogens with two attached hydrogens (primary N) is 1. The Hall–Kier alpha value is -1.68. The van der Waals surface area contributed by atoms with Crippen LogP contribution in [0.5, 0.6) is 0 Å². The zero-order valence-electron chi connectivity index (χ0n) is 11.8. The summed E-state index contributed by atoms with van der Waals surface area (Å²) in [4.78, 5) is 25.6. The standard InChI is InChI=1S/C16H22N2O2/c17-11-7-3-1-2-4-8-12-18-15(19)13-9-5-6-10-14(13)16(18)20/h5-6,9-10H,1-4,7-8,11-12,17H2. The third-order valence-corrected chi connectivity index (χ3v) is 3.71. The molecule has 1 aliphatic heterocycles. The molecule has 20 heavy (non-hydrogen) atoms. The fourth-order valence-electron chi connectivity index (χ4n) is 2.56. The van der Waals surface area contributed by atoms with Gasteiger partial charge in [0.1, 0.15) is 0 Å². The monoisotopic (exact) mass is 274 g/mol. The highest BCUT2D eigenvalue weighted by Gasteiger charge is 2.34. The van der Waals surface area contributed by atoms with Crippen molar-refractivity contribution in [3.05, 3.63) is 35.4 Å². The van der Waals surface area contributed by atoms with Gasteiger partial charge in [0.15, 0.2) is 0 Å². The Bertz CT molecular complexity index is 450. The zero-order valence-corrected chi connectivity index (χ0v) is 11.8. The lowest BCUT2D eigenvalue weighted by Gasteiger charge is -2.13. The molecule has 2 amide bonds. The van der Waals surface area contributed by atoms with Gasteiger partial charge in [0.2, 0.25) is 0 Å². The first-order valence-electron chi connectivity index (χ1n) is 7.41. The molecule has 0 fully saturated rings. The van der Waals surface area contributed by atoms with Crippen LogP contribution >= 0.6 is 0 Å². The summed E-state index contributed by atoms with van der Waals surface area (Å²) in [5.74, 6) is -0.289. The third-order valence-electron chi connectivity index (χ3n) is 3.71. The number of carbonyl (C=O) groups excluding carboxylic acids is 2. The lowest BCUT2D eigenvalue weighted by molar-refractivity contribution is 0.0651. The van der Waals surface area contributed by atoms with Gasteiger partial charge >= 0.3 is 0 Å². The number of carbonyl (C=O) groups is 2. The fraction of sp³-hybridized carbons (Fsp3) is 0.500. The van der Waals surface area contributed by atoms with E-state index >= 15 is 0 Å².